The number of aromatic nitrogens is 2. The van der Waals surface area contributed by atoms with E-state index in [0.717, 1.165) is 0 Å². The molecule has 0 bridgehead atoms. The van der Waals surface area contributed by atoms with Gasteiger partial charge < -0.3 is 9.84 Å². The molecular weight excluding hydrogens is 322 g/mol. The number of carbonyl (C=O) groups excluding carboxylic acids is 1. The Balaban J connectivity index is 2.59. The van der Waals surface area contributed by atoms with Crippen LogP contribution in [0.25, 0.3) is 5.52 Å². The van der Waals surface area contributed by atoms with E-state index in [2.05, 4.69) is 10.4 Å². The van der Waals surface area contributed by atoms with Crippen molar-refractivity contribution in [1.29, 1.82) is 0 Å². The van der Waals surface area contributed by atoms with Crippen molar-refractivity contribution in [1.82, 2.24) is 9.61 Å². The van der Waals surface area contributed by atoms with Gasteiger partial charge in [0.1, 0.15) is 11.2 Å². The van der Waals surface area contributed by atoms with Crippen molar-refractivity contribution in [3.8, 4) is 0 Å². The van der Waals surface area contributed by atoms with Gasteiger partial charge in [0.15, 0.2) is 0 Å². The molecule has 0 saturated heterocycles. The van der Waals surface area contributed by atoms with Crippen LogP contribution in [-0.4, -0.2) is 32.4 Å². The Kier molecular flexibility index (Phi) is 5.06. The SMILES string of the molecule is CCc1c(NC(=O)OC(C)(C)C)ccn2nc(C(C)C)c(C(=O)O)c12. The van der Waals surface area contributed by atoms with Crippen molar-refractivity contribution in [2.24, 2.45) is 0 Å². The lowest BCUT2D eigenvalue weighted by Gasteiger charge is -2.20. The predicted octanol–water partition coefficient (Wildman–Crippen LogP) is 4.07. The zero-order valence-corrected chi connectivity index (χ0v) is 15.5. The van der Waals surface area contributed by atoms with Crippen LogP contribution in [0.2, 0.25) is 0 Å². The van der Waals surface area contributed by atoms with Gasteiger partial charge in [-0.2, -0.15) is 5.10 Å². The van der Waals surface area contributed by atoms with Crippen molar-refractivity contribution < 1.29 is 19.4 Å². The molecule has 0 unspecified atom stereocenters. The summed E-state index contributed by atoms with van der Waals surface area (Å²) in [5.74, 6) is -1.05. The van der Waals surface area contributed by atoms with Crippen LogP contribution < -0.4 is 5.32 Å². The number of ether oxygens (including phenoxy) is 1. The van der Waals surface area contributed by atoms with E-state index in [9.17, 15) is 14.7 Å². The van der Waals surface area contributed by atoms with E-state index >= 15 is 0 Å². The van der Waals surface area contributed by atoms with Gasteiger partial charge in [-0.05, 0) is 39.2 Å². The highest BCUT2D eigenvalue weighted by Gasteiger charge is 2.25. The number of hydrogen-bond acceptors (Lipinski definition) is 4. The number of carboxylic acid groups (broad SMARTS) is 1. The molecule has 0 saturated carbocycles. The van der Waals surface area contributed by atoms with E-state index in [1.54, 1.807) is 37.5 Å². The Morgan fingerprint density at radius 2 is 2.00 bits per heavy atom. The molecule has 0 aliphatic carbocycles. The molecule has 1 amide bonds. The number of nitrogens with one attached hydrogen (secondary N) is 1. The van der Waals surface area contributed by atoms with Gasteiger partial charge in [-0.25, -0.2) is 14.1 Å². The van der Waals surface area contributed by atoms with Crippen molar-refractivity contribution in [3.05, 3.63) is 29.1 Å². The fourth-order valence-electron chi connectivity index (χ4n) is 2.73. The first kappa shape index (κ1) is 18.8. The second kappa shape index (κ2) is 6.74. The highest BCUT2D eigenvalue weighted by Crippen LogP contribution is 2.30. The summed E-state index contributed by atoms with van der Waals surface area (Å²) in [6, 6.07) is 1.71. The first-order valence-corrected chi connectivity index (χ1v) is 8.32. The molecule has 0 aliphatic heterocycles. The summed E-state index contributed by atoms with van der Waals surface area (Å²) in [4.78, 5) is 23.9. The van der Waals surface area contributed by atoms with Crippen LogP contribution in [0, 0.1) is 0 Å². The third-order valence-corrected chi connectivity index (χ3v) is 3.68. The van der Waals surface area contributed by atoms with Crippen LogP contribution in [-0.2, 0) is 11.2 Å². The first-order chi connectivity index (χ1) is 11.5. The summed E-state index contributed by atoms with van der Waals surface area (Å²) in [5, 5.41) is 16.8. The number of aromatic carboxylic acids is 1. The average molecular weight is 347 g/mol. The fraction of sp³-hybridized carbons (Fsp3) is 0.500. The second-order valence-corrected chi connectivity index (χ2v) is 7.20. The highest BCUT2D eigenvalue weighted by molar-refractivity contribution is 6.00. The van der Waals surface area contributed by atoms with E-state index in [1.807, 2.05) is 20.8 Å². The maximum absolute atomic E-state index is 12.1. The number of pyridine rings is 1. The molecule has 2 heterocycles. The third kappa shape index (κ3) is 3.92. The molecule has 136 valence electrons. The lowest BCUT2D eigenvalue weighted by molar-refractivity contribution is 0.0634. The summed E-state index contributed by atoms with van der Waals surface area (Å²) in [6.45, 7) is 11.1. The molecule has 7 heteroatoms. The van der Waals surface area contributed by atoms with Crippen LogP contribution >= 0.6 is 0 Å². The molecule has 2 rings (SSSR count). The van der Waals surface area contributed by atoms with Crippen molar-refractivity contribution in [3.63, 3.8) is 0 Å². The number of amides is 1. The van der Waals surface area contributed by atoms with Gasteiger partial charge in [-0.3, -0.25) is 5.32 Å². The molecule has 0 spiro atoms. The number of hydrogen-bond donors (Lipinski definition) is 2. The van der Waals surface area contributed by atoms with Gasteiger partial charge in [-0.15, -0.1) is 0 Å². The van der Waals surface area contributed by atoms with Gasteiger partial charge in [0.05, 0.1) is 16.9 Å². The molecule has 0 aliphatic rings. The van der Waals surface area contributed by atoms with Gasteiger partial charge in [0.2, 0.25) is 0 Å². The molecule has 2 aromatic rings. The van der Waals surface area contributed by atoms with E-state index in [-0.39, 0.29) is 11.5 Å². The normalized spacial score (nSPS) is 11.8. The van der Waals surface area contributed by atoms with Crippen LogP contribution in [0.15, 0.2) is 12.3 Å². The Morgan fingerprint density at radius 3 is 2.48 bits per heavy atom. The standard InChI is InChI=1S/C18H25N3O4/c1-7-11-12(19-17(24)25-18(4,5)6)8-9-21-15(11)13(16(22)23)14(20-21)10(2)3/h8-10H,7H2,1-6H3,(H,19,24)(H,22,23). The largest absolute Gasteiger partial charge is 0.478 e. The summed E-state index contributed by atoms with van der Waals surface area (Å²) in [7, 11) is 0. The minimum atomic E-state index is -1.03. The predicted molar refractivity (Wildman–Crippen MR) is 95.5 cm³/mol. The number of aryl methyl sites for hydroxylation is 1. The molecule has 0 radical (unpaired) electrons. The quantitative estimate of drug-likeness (QED) is 0.870. The Hall–Kier alpha value is -2.57. The summed E-state index contributed by atoms with van der Waals surface area (Å²) in [5.41, 5.74) is 1.84. The number of anilines is 1. The Morgan fingerprint density at radius 1 is 1.36 bits per heavy atom. The highest BCUT2D eigenvalue weighted by atomic mass is 16.6. The van der Waals surface area contributed by atoms with E-state index in [4.69, 9.17) is 4.74 Å². The Labute approximate surface area is 147 Å². The molecule has 0 fully saturated rings. The van der Waals surface area contributed by atoms with Crippen LogP contribution in [0.4, 0.5) is 10.5 Å². The monoisotopic (exact) mass is 347 g/mol. The van der Waals surface area contributed by atoms with Crippen molar-refractivity contribution in [2.75, 3.05) is 5.32 Å². The number of fused-ring (bicyclic) bond motifs is 1. The molecule has 2 N–H and O–H groups in total. The topological polar surface area (TPSA) is 92.9 Å². The average Bonchev–Trinajstić information content (AvgIpc) is 2.84. The van der Waals surface area contributed by atoms with Gasteiger partial charge in [0, 0.05) is 11.8 Å². The summed E-state index contributed by atoms with van der Waals surface area (Å²) >= 11 is 0. The minimum Gasteiger partial charge on any atom is -0.478 e. The van der Waals surface area contributed by atoms with Crippen molar-refractivity contribution in [2.45, 2.75) is 59.5 Å². The fourth-order valence-corrected chi connectivity index (χ4v) is 2.73. The van der Waals surface area contributed by atoms with Crippen LogP contribution in [0.5, 0.6) is 0 Å². The third-order valence-electron chi connectivity index (χ3n) is 3.68. The lowest BCUT2D eigenvalue weighted by Crippen LogP contribution is -2.27. The maximum atomic E-state index is 12.1. The number of nitrogens with zero attached hydrogens (tertiary/aromatic N) is 2. The summed E-state index contributed by atoms with van der Waals surface area (Å²) < 4.78 is 6.85. The maximum Gasteiger partial charge on any atom is 0.412 e. The van der Waals surface area contributed by atoms with E-state index < -0.39 is 17.7 Å². The van der Waals surface area contributed by atoms with Crippen LogP contribution in [0.1, 0.15) is 69.1 Å². The van der Waals surface area contributed by atoms with Crippen LogP contribution in [0.3, 0.4) is 0 Å². The van der Waals surface area contributed by atoms with E-state index in [1.165, 1.54) is 0 Å². The molecule has 7 nitrogen and oxygen atoms in total. The Bertz CT molecular complexity index is 816. The first-order valence-electron chi connectivity index (χ1n) is 8.32. The molecule has 0 atom stereocenters. The van der Waals surface area contributed by atoms with Gasteiger partial charge in [-0.1, -0.05) is 20.8 Å². The van der Waals surface area contributed by atoms with E-state index in [0.29, 0.717) is 28.9 Å². The van der Waals surface area contributed by atoms with Crippen molar-refractivity contribution >= 4 is 23.3 Å². The van der Waals surface area contributed by atoms with Gasteiger partial charge >= 0.3 is 12.1 Å². The molecule has 2 aromatic heterocycles. The second-order valence-electron chi connectivity index (χ2n) is 7.20. The lowest BCUT2D eigenvalue weighted by atomic mass is 10.0. The smallest absolute Gasteiger partial charge is 0.412 e. The minimum absolute atomic E-state index is 0.0297. The zero-order valence-electron chi connectivity index (χ0n) is 15.5. The molecule has 0 aromatic carbocycles. The number of carbonyl (C=O) groups is 2. The number of rotatable bonds is 4. The van der Waals surface area contributed by atoms with Gasteiger partial charge in [0.25, 0.3) is 0 Å². The summed E-state index contributed by atoms with van der Waals surface area (Å²) in [6.07, 6.45) is 1.62. The molecule has 25 heavy (non-hydrogen) atoms. The zero-order chi connectivity index (χ0) is 18.9. The molecular formula is C18H25N3O4. The number of carboxylic acids is 1.